The largest absolute Gasteiger partial charge is 0.507 e. The van der Waals surface area contributed by atoms with Crippen LogP contribution in [0.3, 0.4) is 0 Å². The molecule has 1 amide bonds. The van der Waals surface area contributed by atoms with Crippen LogP contribution in [0.1, 0.15) is 43.5 Å². The van der Waals surface area contributed by atoms with Crippen LogP contribution in [-0.4, -0.2) is 65.8 Å². The summed E-state index contributed by atoms with van der Waals surface area (Å²) in [7, 11) is 6.78. The van der Waals surface area contributed by atoms with Gasteiger partial charge >= 0.3 is 5.97 Å². The van der Waals surface area contributed by atoms with Gasteiger partial charge in [-0.15, -0.1) is 0 Å². The number of carboxylic acid groups (broad SMARTS) is 1. The van der Waals surface area contributed by atoms with E-state index in [1.54, 1.807) is 30.9 Å². The van der Waals surface area contributed by atoms with Crippen LogP contribution >= 0.6 is 0 Å². The molecular weight excluding hydrogens is 566 g/mol. The molecule has 0 saturated heterocycles. The summed E-state index contributed by atoms with van der Waals surface area (Å²) in [5, 5.41) is 55.4. The number of aromatic hydroxyl groups is 2. The number of phenols is 2. The fraction of sp³-hybridized carbons (Fsp3) is 0.214. The number of nitrogens with zero attached hydrogens (tertiary/aromatic N) is 7. The quantitative estimate of drug-likeness (QED) is 0.258. The number of carboxylic acids is 1. The maximum Gasteiger partial charge on any atom is 0.339 e. The van der Waals surface area contributed by atoms with E-state index in [1.807, 2.05) is 19.2 Å². The number of carbonyl (C=O) groups excluding carboxylic acids is 1. The van der Waals surface area contributed by atoms with Crippen LogP contribution in [0.4, 0.5) is 8.78 Å². The molecule has 2 aromatic carbocycles. The van der Waals surface area contributed by atoms with E-state index in [2.05, 4.69) is 15.5 Å². The van der Waals surface area contributed by atoms with Gasteiger partial charge in [-0.05, 0) is 43.4 Å². The van der Waals surface area contributed by atoms with Crippen molar-refractivity contribution in [1.29, 1.82) is 10.5 Å². The number of hydrogen-bond acceptors (Lipinski definition) is 9. The average Bonchev–Trinajstić information content (AvgIpc) is 3.49. The number of rotatable bonds is 6. The normalized spacial score (nSPS) is 9.86. The van der Waals surface area contributed by atoms with Crippen LogP contribution < -0.4 is 5.32 Å². The monoisotopic (exact) mass is 594 g/mol. The summed E-state index contributed by atoms with van der Waals surface area (Å²) in [6.07, 6.45) is 0. The van der Waals surface area contributed by atoms with Gasteiger partial charge in [0.2, 0.25) is 0 Å². The second-order valence-electron chi connectivity index (χ2n) is 8.83. The van der Waals surface area contributed by atoms with Crippen molar-refractivity contribution in [2.75, 3.05) is 14.1 Å². The number of halogens is 2. The Balaban J connectivity index is 0.000000247. The first-order valence-electron chi connectivity index (χ1n) is 12.3. The van der Waals surface area contributed by atoms with E-state index in [0.717, 1.165) is 36.0 Å². The van der Waals surface area contributed by atoms with Crippen molar-refractivity contribution in [3.05, 3.63) is 94.1 Å². The molecule has 0 aliphatic heterocycles. The van der Waals surface area contributed by atoms with Crippen LogP contribution in [-0.2, 0) is 27.2 Å². The zero-order valence-corrected chi connectivity index (χ0v) is 23.6. The van der Waals surface area contributed by atoms with Crippen molar-refractivity contribution < 1.29 is 33.7 Å². The predicted octanol–water partition coefficient (Wildman–Crippen LogP) is 2.65. The number of aromatic nitrogens is 4. The summed E-state index contributed by atoms with van der Waals surface area (Å²) in [4.78, 5) is 23.8. The number of phenolic OH excluding ortho intramolecular Hbond substituents is 1. The second kappa shape index (κ2) is 15.3. The van der Waals surface area contributed by atoms with Crippen LogP contribution in [0, 0.1) is 34.3 Å². The lowest BCUT2D eigenvalue weighted by molar-refractivity contribution is 0.0692. The molecule has 4 aromatic rings. The van der Waals surface area contributed by atoms with Crippen molar-refractivity contribution in [1.82, 2.24) is 29.8 Å². The van der Waals surface area contributed by atoms with E-state index in [9.17, 15) is 23.5 Å². The fourth-order valence-electron chi connectivity index (χ4n) is 3.50. The Morgan fingerprint density at radius 2 is 1.35 bits per heavy atom. The molecule has 0 aliphatic carbocycles. The first-order chi connectivity index (χ1) is 20.3. The topological polar surface area (TPSA) is 193 Å². The van der Waals surface area contributed by atoms with Gasteiger partial charge in [0.15, 0.2) is 0 Å². The summed E-state index contributed by atoms with van der Waals surface area (Å²) < 4.78 is 28.2. The van der Waals surface area contributed by atoms with Gasteiger partial charge in [-0.3, -0.25) is 14.2 Å². The number of aryl methyl sites for hydroxylation is 2. The maximum absolute atomic E-state index is 12.9. The van der Waals surface area contributed by atoms with E-state index in [4.69, 9.17) is 20.7 Å². The van der Waals surface area contributed by atoms with Crippen molar-refractivity contribution in [3.63, 3.8) is 0 Å². The zero-order chi connectivity index (χ0) is 32.3. The summed E-state index contributed by atoms with van der Waals surface area (Å²) >= 11 is 0. The minimum Gasteiger partial charge on any atom is -0.507 e. The number of benzene rings is 2. The molecule has 0 spiro atoms. The maximum atomic E-state index is 12.9. The smallest absolute Gasteiger partial charge is 0.339 e. The zero-order valence-electron chi connectivity index (χ0n) is 23.6. The molecule has 0 bridgehead atoms. The Kier molecular flexibility index (Phi) is 11.9. The van der Waals surface area contributed by atoms with Crippen molar-refractivity contribution >= 4 is 11.9 Å². The van der Waals surface area contributed by atoms with Gasteiger partial charge in [0.25, 0.3) is 5.91 Å². The lowest BCUT2D eigenvalue weighted by atomic mass is 10.1. The summed E-state index contributed by atoms with van der Waals surface area (Å²) in [6.45, 7) is 0.876. The fourth-order valence-corrected chi connectivity index (χ4v) is 3.50. The number of carbonyl (C=O) groups is 2. The van der Waals surface area contributed by atoms with Crippen LogP contribution in [0.2, 0.25) is 0 Å². The molecule has 4 N–H and O–H groups in total. The third-order valence-electron chi connectivity index (χ3n) is 5.57. The Bertz CT molecular complexity index is 1690. The number of hydrogen-bond donors (Lipinski definition) is 4. The van der Waals surface area contributed by atoms with Gasteiger partial charge in [-0.25, -0.2) is 13.6 Å². The molecule has 2 aromatic heterocycles. The molecule has 15 heteroatoms. The molecule has 0 unspecified atom stereocenters. The van der Waals surface area contributed by atoms with Crippen LogP contribution in [0.15, 0.2) is 48.5 Å². The Morgan fingerprint density at radius 1 is 0.884 bits per heavy atom. The average molecular weight is 595 g/mol. The molecule has 0 aliphatic rings. The molecule has 0 atom stereocenters. The highest BCUT2D eigenvalue weighted by Gasteiger charge is 2.18. The number of nitrogens with one attached hydrogen (secondary N) is 1. The highest BCUT2D eigenvalue weighted by Crippen LogP contribution is 2.20. The van der Waals surface area contributed by atoms with Gasteiger partial charge in [0.05, 0.1) is 23.5 Å². The molecule has 4 rings (SSSR count). The number of nitriles is 2. The summed E-state index contributed by atoms with van der Waals surface area (Å²) in [6, 6.07) is 13.3. The molecule has 43 heavy (non-hydrogen) atoms. The van der Waals surface area contributed by atoms with Crippen molar-refractivity contribution in [3.8, 4) is 23.6 Å². The third-order valence-corrected chi connectivity index (χ3v) is 5.57. The Hall–Kier alpha value is -5.80. The van der Waals surface area contributed by atoms with Gasteiger partial charge in [0, 0.05) is 39.8 Å². The van der Waals surface area contributed by atoms with E-state index < -0.39 is 35.0 Å². The molecular formula is C28H28F2N8O5. The highest BCUT2D eigenvalue weighted by molar-refractivity contribution is 5.96. The standard InChI is InChI=1S/C14H13FN4O2.C7H5FO3.C7H10N4/c1-18(8-10-6-11(7-16)19(2)17-10)14(21)12-4-3-9(15)5-13(12)20;8-4-1-2-5(7(10)11)6(9)3-4;1-9-5-6-3-7(4-8)11(2)10-6/h3-6,20H,8H2,1-2H3;1-3,9H,(H,10,11);3,9H,5H2,1-2H3. The van der Waals surface area contributed by atoms with E-state index >= 15 is 0 Å². The number of aromatic carboxylic acids is 1. The molecule has 0 fully saturated rings. The highest BCUT2D eigenvalue weighted by atomic mass is 19.1. The van der Waals surface area contributed by atoms with Gasteiger partial charge in [-0.2, -0.15) is 20.7 Å². The van der Waals surface area contributed by atoms with Crippen molar-refractivity contribution in [2.24, 2.45) is 14.1 Å². The Labute approximate surface area is 245 Å². The Morgan fingerprint density at radius 3 is 1.77 bits per heavy atom. The molecule has 2 heterocycles. The van der Waals surface area contributed by atoms with Crippen molar-refractivity contribution in [2.45, 2.75) is 13.1 Å². The summed E-state index contributed by atoms with van der Waals surface area (Å²) in [5.41, 5.74) is 2.13. The van der Waals surface area contributed by atoms with Gasteiger partial charge in [0.1, 0.15) is 52.2 Å². The van der Waals surface area contributed by atoms with Crippen LogP contribution in [0.5, 0.6) is 11.5 Å². The minimum absolute atomic E-state index is 0.00957. The van der Waals surface area contributed by atoms with Crippen LogP contribution in [0.25, 0.3) is 0 Å². The SMILES string of the molecule is CN(Cc1cc(C#N)n(C)n1)C(=O)c1ccc(F)cc1O.CNCc1cc(C#N)n(C)n1.O=C(O)c1ccc(F)cc1O. The molecule has 13 nitrogen and oxygen atoms in total. The van der Waals surface area contributed by atoms with E-state index in [1.165, 1.54) is 22.7 Å². The van der Waals surface area contributed by atoms with E-state index in [-0.39, 0.29) is 17.7 Å². The lowest BCUT2D eigenvalue weighted by Gasteiger charge is -2.16. The second-order valence-corrected chi connectivity index (χ2v) is 8.83. The minimum atomic E-state index is -1.28. The number of amides is 1. The first kappa shape index (κ1) is 33.4. The van der Waals surface area contributed by atoms with E-state index in [0.29, 0.717) is 23.6 Å². The van der Waals surface area contributed by atoms with Gasteiger partial charge in [-0.1, -0.05) is 0 Å². The molecule has 224 valence electrons. The first-order valence-corrected chi connectivity index (χ1v) is 12.3. The lowest BCUT2D eigenvalue weighted by Crippen LogP contribution is -2.26. The van der Waals surface area contributed by atoms with Gasteiger partial charge < -0.3 is 25.5 Å². The summed E-state index contributed by atoms with van der Waals surface area (Å²) in [5.74, 6) is -3.98. The molecule has 0 radical (unpaired) electrons. The predicted molar refractivity (Wildman–Crippen MR) is 147 cm³/mol. The third kappa shape index (κ3) is 9.38. The molecule has 0 saturated carbocycles.